The lowest BCUT2D eigenvalue weighted by atomic mass is 9.92. The molecular formula is C24H24N2. The summed E-state index contributed by atoms with van der Waals surface area (Å²) in [6, 6.07) is 22.6. The van der Waals surface area contributed by atoms with E-state index >= 15 is 0 Å². The van der Waals surface area contributed by atoms with E-state index in [-0.39, 0.29) is 0 Å². The van der Waals surface area contributed by atoms with E-state index in [4.69, 9.17) is 0 Å². The van der Waals surface area contributed by atoms with Gasteiger partial charge in [-0.1, -0.05) is 55.5 Å². The fourth-order valence-electron chi connectivity index (χ4n) is 4.44. The highest BCUT2D eigenvalue weighted by atomic mass is 15.0. The van der Waals surface area contributed by atoms with Crippen molar-refractivity contribution in [2.75, 3.05) is 6.54 Å². The predicted molar refractivity (Wildman–Crippen MR) is 110 cm³/mol. The third kappa shape index (κ3) is 2.53. The van der Waals surface area contributed by atoms with Gasteiger partial charge in [-0.05, 0) is 65.4 Å². The van der Waals surface area contributed by atoms with Crippen LogP contribution in [0.2, 0.25) is 0 Å². The Hall–Kier alpha value is -2.58. The highest BCUT2D eigenvalue weighted by molar-refractivity contribution is 5.87. The third-order valence-corrected chi connectivity index (χ3v) is 5.83. The number of hydrogen-bond acceptors (Lipinski definition) is 1. The number of aryl methyl sites for hydroxylation is 1. The Bertz CT molecular complexity index is 1080. The summed E-state index contributed by atoms with van der Waals surface area (Å²) in [6.07, 6.45) is 3.21. The highest BCUT2D eigenvalue weighted by Gasteiger charge is 2.24. The van der Waals surface area contributed by atoms with Crippen LogP contribution in [0.15, 0.2) is 60.7 Å². The van der Waals surface area contributed by atoms with Crippen LogP contribution in [0.1, 0.15) is 35.3 Å². The molecule has 2 heteroatoms. The summed E-state index contributed by atoms with van der Waals surface area (Å²) in [4.78, 5) is 3.72. The minimum Gasteiger partial charge on any atom is -0.357 e. The first-order valence-electron chi connectivity index (χ1n) is 9.67. The third-order valence-electron chi connectivity index (χ3n) is 5.83. The monoisotopic (exact) mass is 340 g/mol. The molecule has 0 fully saturated rings. The summed E-state index contributed by atoms with van der Waals surface area (Å²) < 4.78 is 0. The van der Waals surface area contributed by atoms with Crippen molar-refractivity contribution >= 4 is 21.7 Å². The zero-order chi connectivity index (χ0) is 17.5. The van der Waals surface area contributed by atoms with Crippen LogP contribution in [-0.2, 0) is 19.3 Å². The summed E-state index contributed by atoms with van der Waals surface area (Å²) in [5.41, 5.74) is 7.01. The van der Waals surface area contributed by atoms with Crippen molar-refractivity contribution in [3.05, 3.63) is 83.0 Å². The first kappa shape index (κ1) is 15.7. The van der Waals surface area contributed by atoms with Crippen LogP contribution >= 0.6 is 0 Å². The minimum absolute atomic E-state index is 0.349. The lowest BCUT2D eigenvalue weighted by Gasteiger charge is -2.25. The standard InChI is InChI=1S/C24H24N2/c1-2-16-10-11-22-21(14-16)20-12-13-25-23(24(20)26-22)15-18-8-5-7-17-6-3-4-9-19(17)18/h3-11,14,23,25-26H,2,12-13,15H2,1H3. The molecule has 0 spiro atoms. The van der Waals surface area contributed by atoms with Gasteiger partial charge in [0.1, 0.15) is 0 Å². The maximum absolute atomic E-state index is 3.75. The summed E-state index contributed by atoms with van der Waals surface area (Å²) in [7, 11) is 0. The molecule has 0 amide bonds. The largest absolute Gasteiger partial charge is 0.357 e. The summed E-state index contributed by atoms with van der Waals surface area (Å²) in [5.74, 6) is 0. The summed E-state index contributed by atoms with van der Waals surface area (Å²) >= 11 is 0. The molecule has 2 N–H and O–H groups in total. The van der Waals surface area contributed by atoms with E-state index in [0.29, 0.717) is 6.04 Å². The Morgan fingerprint density at radius 1 is 0.962 bits per heavy atom. The van der Waals surface area contributed by atoms with Crippen LogP contribution in [-0.4, -0.2) is 11.5 Å². The Labute approximate surface area is 154 Å². The zero-order valence-corrected chi connectivity index (χ0v) is 15.2. The molecule has 26 heavy (non-hydrogen) atoms. The van der Waals surface area contributed by atoms with Crippen molar-refractivity contribution in [3.63, 3.8) is 0 Å². The Balaban J connectivity index is 1.58. The molecule has 0 aliphatic carbocycles. The summed E-state index contributed by atoms with van der Waals surface area (Å²) in [5, 5.41) is 7.86. The van der Waals surface area contributed by atoms with Gasteiger partial charge in [-0.25, -0.2) is 0 Å². The van der Waals surface area contributed by atoms with Crippen LogP contribution < -0.4 is 5.32 Å². The van der Waals surface area contributed by atoms with E-state index in [1.807, 2.05) is 0 Å². The van der Waals surface area contributed by atoms with Crippen molar-refractivity contribution in [2.45, 2.75) is 32.2 Å². The zero-order valence-electron chi connectivity index (χ0n) is 15.2. The van der Waals surface area contributed by atoms with Gasteiger partial charge in [0.05, 0.1) is 6.04 Å². The second-order valence-corrected chi connectivity index (χ2v) is 7.35. The van der Waals surface area contributed by atoms with Gasteiger partial charge in [0.25, 0.3) is 0 Å². The van der Waals surface area contributed by atoms with E-state index in [2.05, 4.69) is 77.9 Å². The molecule has 0 bridgehead atoms. The Morgan fingerprint density at radius 3 is 2.77 bits per heavy atom. The number of hydrogen-bond donors (Lipinski definition) is 2. The topological polar surface area (TPSA) is 27.8 Å². The average Bonchev–Trinajstić information content (AvgIpc) is 3.07. The van der Waals surface area contributed by atoms with Gasteiger partial charge in [0, 0.05) is 16.6 Å². The van der Waals surface area contributed by atoms with Gasteiger partial charge < -0.3 is 10.3 Å². The van der Waals surface area contributed by atoms with E-state index < -0.39 is 0 Å². The molecule has 1 aromatic heterocycles. The van der Waals surface area contributed by atoms with Crippen molar-refractivity contribution in [1.29, 1.82) is 0 Å². The molecule has 2 nitrogen and oxygen atoms in total. The predicted octanol–water partition coefficient (Wildman–Crippen LogP) is 5.31. The Morgan fingerprint density at radius 2 is 1.85 bits per heavy atom. The number of rotatable bonds is 3. The molecule has 130 valence electrons. The van der Waals surface area contributed by atoms with Crippen molar-refractivity contribution < 1.29 is 0 Å². The normalized spacial score (nSPS) is 16.9. The molecule has 2 heterocycles. The van der Waals surface area contributed by atoms with E-state index in [9.17, 15) is 0 Å². The number of benzene rings is 3. The molecule has 1 aliphatic heterocycles. The molecule has 1 aliphatic rings. The van der Waals surface area contributed by atoms with Gasteiger partial charge in [-0.3, -0.25) is 0 Å². The van der Waals surface area contributed by atoms with Crippen molar-refractivity contribution in [3.8, 4) is 0 Å². The first-order valence-corrected chi connectivity index (χ1v) is 9.67. The number of fused-ring (bicyclic) bond motifs is 4. The maximum atomic E-state index is 3.75. The lowest BCUT2D eigenvalue weighted by molar-refractivity contribution is 0.496. The molecule has 0 radical (unpaired) electrons. The minimum atomic E-state index is 0.349. The number of nitrogens with one attached hydrogen (secondary N) is 2. The van der Waals surface area contributed by atoms with Crippen LogP contribution in [0.25, 0.3) is 21.7 Å². The highest BCUT2D eigenvalue weighted by Crippen LogP contribution is 2.33. The molecule has 1 atom stereocenters. The number of aromatic nitrogens is 1. The van der Waals surface area contributed by atoms with E-state index in [0.717, 1.165) is 25.8 Å². The first-order chi connectivity index (χ1) is 12.8. The molecular weight excluding hydrogens is 316 g/mol. The van der Waals surface area contributed by atoms with Crippen molar-refractivity contribution in [2.24, 2.45) is 0 Å². The quantitative estimate of drug-likeness (QED) is 0.519. The lowest BCUT2D eigenvalue weighted by Crippen LogP contribution is -2.31. The number of aromatic amines is 1. The molecule has 0 saturated heterocycles. The summed E-state index contributed by atoms with van der Waals surface area (Å²) in [6.45, 7) is 3.27. The van der Waals surface area contributed by atoms with Crippen LogP contribution in [0, 0.1) is 0 Å². The van der Waals surface area contributed by atoms with Gasteiger partial charge >= 0.3 is 0 Å². The van der Waals surface area contributed by atoms with Crippen molar-refractivity contribution in [1.82, 2.24) is 10.3 Å². The van der Waals surface area contributed by atoms with Crippen LogP contribution in [0.3, 0.4) is 0 Å². The second kappa shape index (κ2) is 6.30. The molecule has 5 rings (SSSR count). The van der Waals surface area contributed by atoms with Gasteiger partial charge in [-0.15, -0.1) is 0 Å². The SMILES string of the molecule is CCc1ccc2[nH]c3c(c2c1)CCNC3Cc1cccc2ccccc12. The molecule has 0 saturated carbocycles. The molecule has 4 aromatic rings. The second-order valence-electron chi connectivity index (χ2n) is 7.35. The molecule has 1 unspecified atom stereocenters. The average molecular weight is 340 g/mol. The van der Waals surface area contributed by atoms with Crippen LogP contribution in [0.5, 0.6) is 0 Å². The Kier molecular flexibility index (Phi) is 3.79. The van der Waals surface area contributed by atoms with Gasteiger partial charge in [0.2, 0.25) is 0 Å². The number of H-pyrrole nitrogens is 1. The fraction of sp³-hybridized carbons (Fsp3) is 0.250. The van der Waals surface area contributed by atoms with Crippen LogP contribution in [0.4, 0.5) is 0 Å². The van der Waals surface area contributed by atoms with Gasteiger partial charge in [-0.2, -0.15) is 0 Å². The van der Waals surface area contributed by atoms with Gasteiger partial charge in [0.15, 0.2) is 0 Å². The fourth-order valence-corrected chi connectivity index (χ4v) is 4.44. The maximum Gasteiger partial charge on any atom is 0.0517 e. The van der Waals surface area contributed by atoms with E-state index in [1.54, 1.807) is 0 Å². The van der Waals surface area contributed by atoms with E-state index in [1.165, 1.54) is 44.1 Å². The smallest absolute Gasteiger partial charge is 0.0517 e. The molecule has 3 aromatic carbocycles.